The Morgan fingerprint density at radius 1 is 0.935 bits per heavy atom. The number of hydrogen-bond donors (Lipinski definition) is 1. The van der Waals surface area contributed by atoms with Crippen LogP contribution in [-0.2, 0) is 12.8 Å². The molecule has 0 aliphatic carbocycles. The van der Waals surface area contributed by atoms with E-state index in [0.29, 0.717) is 5.82 Å². The van der Waals surface area contributed by atoms with E-state index in [4.69, 9.17) is 10.5 Å². The van der Waals surface area contributed by atoms with Gasteiger partial charge in [-0.1, -0.05) is 38.1 Å². The Balaban J connectivity index is 1.45. The number of benzene rings is 2. The molecular formula is C27H31N3O. The van der Waals surface area contributed by atoms with E-state index in [1.807, 2.05) is 6.20 Å². The van der Waals surface area contributed by atoms with E-state index in [2.05, 4.69) is 79.3 Å². The van der Waals surface area contributed by atoms with Crippen molar-refractivity contribution in [2.45, 2.75) is 46.5 Å². The number of anilines is 1. The quantitative estimate of drug-likeness (QED) is 0.273. The lowest BCUT2D eigenvalue weighted by Gasteiger charge is -2.10. The van der Waals surface area contributed by atoms with E-state index in [0.717, 1.165) is 59.3 Å². The van der Waals surface area contributed by atoms with Crippen molar-refractivity contribution in [1.82, 2.24) is 9.97 Å². The van der Waals surface area contributed by atoms with Gasteiger partial charge in [0.05, 0.1) is 12.1 Å². The summed E-state index contributed by atoms with van der Waals surface area (Å²) in [5, 5.41) is 2.17. The van der Waals surface area contributed by atoms with Crippen LogP contribution in [0.25, 0.3) is 21.8 Å². The topological polar surface area (TPSA) is 61.0 Å². The third-order valence-corrected chi connectivity index (χ3v) is 5.69. The molecule has 0 fully saturated rings. The Bertz CT molecular complexity index is 1180. The molecule has 0 bridgehead atoms. The van der Waals surface area contributed by atoms with Crippen LogP contribution in [0.5, 0.6) is 5.75 Å². The van der Waals surface area contributed by atoms with Crippen LogP contribution in [0.2, 0.25) is 0 Å². The summed E-state index contributed by atoms with van der Waals surface area (Å²) < 4.78 is 5.86. The fourth-order valence-electron chi connectivity index (χ4n) is 3.92. The van der Waals surface area contributed by atoms with E-state index in [1.165, 1.54) is 23.1 Å². The summed E-state index contributed by atoms with van der Waals surface area (Å²) in [5.74, 6) is 2.17. The lowest BCUT2D eigenvalue weighted by Crippen LogP contribution is -2.00. The maximum absolute atomic E-state index is 6.17. The number of aryl methyl sites for hydroxylation is 3. The average Bonchev–Trinajstić information content (AvgIpc) is 2.75. The van der Waals surface area contributed by atoms with E-state index in [1.54, 1.807) is 0 Å². The van der Waals surface area contributed by atoms with Gasteiger partial charge in [0.1, 0.15) is 11.3 Å². The minimum absolute atomic E-state index is 0.489. The summed E-state index contributed by atoms with van der Waals surface area (Å²) in [7, 11) is 0. The molecule has 0 unspecified atom stereocenters. The van der Waals surface area contributed by atoms with E-state index < -0.39 is 0 Å². The van der Waals surface area contributed by atoms with Gasteiger partial charge < -0.3 is 10.5 Å². The second kappa shape index (κ2) is 9.34. The molecule has 0 spiro atoms. The fraction of sp³-hybridized carbons (Fsp3) is 0.333. The van der Waals surface area contributed by atoms with Crippen molar-refractivity contribution in [3.05, 3.63) is 71.4 Å². The molecule has 160 valence electrons. The molecule has 4 nitrogen and oxygen atoms in total. The van der Waals surface area contributed by atoms with E-state index in [-0.39, 0.29) is 0 Å². The van der Waals surface area contributed by atoms with Gasteiger partial charge in [0.25, 0.3) is 0 Å². The summed E-state index contributed by atoms with van der Waals surface area (Å²) in [6.07, 6.45) is 6.11. The fourth-order valence-corrected chi connectivity index (χ4v) is 3.92. The van der Waals surface area contributed by atoms with Gasteiger partial charge in [-0.3, -0.25) is 4.98 Å². The predicted molar refractivity (Wildman–Crippen MR) is 130 cm³/mol. The highest BCUT2D eigenvalue weighted by molar-refractivity contribution is 6.08. The van der Waals surface area contributed by atoms with E-state index in [9.17, 15) is 0 Å². The molecule has 0 aliphatic heterocycles. The van der Waals surface area contributed by atoms with Crippen molar-refractivity contribution in [2.24, 2.45) is 5.92 Å². The normalized spacial score (nSPS) is 11.5. The van der Waals surface area contributed by atoms with Crippen molar-refractivity contribution >= 4 is 27.6 Å². The van der Waals surface area contributed by atoms with Crippen LogP contribution in [0, 0.1) is 12.8 Å². The SMILES string of the molecule is Cc1ccc2c(c1)nc(N)c1ncc(CCc3ccc(OCCCC(C)C)cc3)cc12. The third-order valence-electron chi connectivity index (χ3n) is 5.69. The summed E-state index contributed by atoms with van der Waals surface area (Å²) >= 11 is 0. The molecular weight excluding hydrogens is 382 g/mol. The number of nitrogens with zero attached hydrogens (tertiary/aromatic N) is 2. The molecule has 0 amide bonds. The zero-order chi connectivity index (χ0) is 21.8. The Morgan fingerprint density at radius 3 is 2.48 bits per heavy atom. The molecule has 2 aromatic heterocycles. The van der Waals surface area contributed by atoms with Gasteiger partial charge in [-0.2, -0.15) is 0 Å². The maximum Gasteiger partial charge on any atom is 0.150 e. The molecule has 0 atom stereocenters. The largest absolute Gasteiger partial charge is 0.494 e. The van der Waals surface area contributed by atoms with Crippen molar-refractivity contribution < 1.29 is 4.74 Å². The first-order valence-electron chi connectivity index (χ1n) is 11.2. The van der Waals surface area contributed by atoms with Crippen LogP contribution in [0.4, 0.5) is 5.82 Å². The zero-order valence-corrected chi connectivity index (χ0v) is 18.7. The van der Waals surface area contributed by atoms with Gasteiger partial charge in [0.15, 0.2) is 5.82 Å². The highest BCUT2D eigenvalue weighted by Gasteiger charge is 2.09. The molecule has 4 rings (SSSR count). The molecule has 0 saturated heterocycles. The predicted octanol–water partition coefficient (Wildman–Crippen LogP) is 6.27. The van der Waals surface area contributed by atoms with Crippen LogP contribution in [0.1, 0.15) is 43.4 Å². The number of fused-ring (bicyclic) bond motifs is 3. The van der Waals surface area contributed by atoms with Gasteiger partial charge in [0, 0.05) is 17.0 Å². The second-order valence-corrected chi connectivity index (χ2v) is 8.79. The summed E-state index contributed by atoms with van der Waals surface area (Å²) in [6.45, 7) is 7.34. The maximum atomic E-state index is 6.17. The van der Waals surface area contributed by atoms with Gasteiger partial charge in [-0.25, -0.2) is 4.98 Å². The molecule has 0 aliphatic rings. The molecule has 4 heteroatoms. The number of rotatable bonds is 8. The van der Waals surface area contributed by atoms with Crippen LogP contribution >= 0.6 is 0 Å². The van der Waals surface area contributed by atoms with Crippen LogP contribution in [-0.4, -0.2) is 16.6 Å². The molecule has 4 aromatic rings. The molecule has 2 N–H and O–H groups in total. The number of ether oxygens (including phenoxy) is 1. The number of nitrogens with two attached hydrogens (primary N) is 1. The van der Waals surface area contributed by atoms with Crippen molar-refractivity contribution in [1.29, 1.82) is 0 Å². The number of pyridine rings is 2. The summed E-state index contributed by atoms with van der Waals surface area (Å²) in [6, 6.07) is 17.0. The van der Waals surface area contributed by atoms with Gasteiger partial charge in [-0.05, 0) is 79.5 Å². The first-order chi connectivity index (χ1) is 15.0. The first-order valence-corrected chi connectivity index (χ1v) is 11.2. The highest BCUT2D eigenvalue weighted by Crippen LogP contribution is 2.28. The number of hydrogen-bond acceptors (Lipinski definition) is 4. The molecule has 0 saturated carbocycles. The third kappa shape index (κ3) is 5.13. The van der Waals surface area contributed by atoms with Crippen LogP contribution in [0.15, 0.2) is 54.7 Å². The van der Waals surface area contributed by atoms with Crippen molar-refractivity contribution in [2.75, 3.05) is 12.3 Å². The van der Waals surface area contributed by atoms with Crippen LogP contribution in [0.3, 0.4) is 0 Å². The Labute approximate surface area is 184 Å². The summed E-state index contributed by atoms with van der Waals surface area (Å²) in [4.78, 5) is 9.16. The lowest BCUT2D eigenvalue weighted by molar-refractivity contribution is 0.297. The lowest BCUT2D eigenvalue weighted by atomic mass is 10.0. The summed E-state index contributed by atoms with van der Waals surface area (Å²) in [5.41, 5.74) is 11.5. The zero-order valence-electron chi connectivity index (χ0n) is 18.7. The first kappa shape index (κ1) is 21.1. The van der Waals surface area contributed by atoms with Gasteiger partial charge in [0.2, 0.25) is 0 Å². The molecule has 2 aromatic carbocycles. The smallest absolute Gasteiger partial charge is 0.150 e. The Hall–Kier alpha value is -3.14. The van der Waals surface area contributed by atoms with E-state index >= 15 is 0 Å². The van der Waals surface area contributed by atoms with Crippen LogP contribution < -0.4 is 10.5 Å². The Kier molecular flexibility index (Phi) is 6.36. The minimum Gasteiger partial charge on any atom is -0.494 e. The van der Waals surface area contributed by atoms with Crippen molar-refractivity contribution in [3.8, 4) is 5.75 Å². The molecule has 0 radical (unpaired) electrons. The highest BCUT2D eigenvalue weighted by atomic mass is 16.5. The molecule has 2 heterocycles. The monoisotopic (exact) mass is 413 g/mol. The van der Waals surface area contributed by atoms with Gasteiger partial charge >= 0.3 is 0 Å². The minimum atomic E-state index is 0.489. The second-order valence-electron chi connectivity index (χ2n) is 8.79. The number of nitrogen functional groups attached to an aromatic ring is 1. The molecule has 31 heavy (non-hydrogen) atoms. The van der Waals surface area contributed by atoms with Gasteiger partial charge in [-0.15, -0.1) is 0 Å². The standard InChI is InChI=1S/C27H31N3O/c1-18(2)5-4-14-31-22-11-9-20(10-12-22)7-8-21-16-24-23-13-6-19(3)15-25(23)30-27(28)26(24)29-17-21/h6,9-13,15-18H,4-5,7-8,14H2,1-3H3,(H2,28,30). The average molecular weight is 414 g/mol. The number of aromatic nitrogens is 2. The Morgan fingerprint density at radius 2 is 1.71 bits per heavy atom. The van der Waals surface area contributed by atoms with Crippen molar-refractivity contribution in [3.63, 3.8) is 0 Å².